The molecule has 1 heterocycles. The third-order valence-electron chi connectivity index (χ3n) is 0.918. The quantitative estimate of drug-likeness (QED) is 0.651. The van der Waals surface area contributed by atoms with Gasteiger partial charge in [-0.1, -0.05) is 0 Å². The number of aromatic nitrogens is 2. The maximum atomic E-state index is 10.1. The average Bonchev–Trinajstić information content (AvgIpc) is 2.03. The van der Waals surface area contributed by atoms with E-state index in [1.165, 1.54) is 19.0 Å². The second-order valence-electron chi connectivity index (χ2n) is 1.73. The lowest BCUT2D eigenvalue weighted by molar-refractivity contribution is 0.186. The van der Waals surface area contributed by atoms with Gasteiger partial charge in [0.2, 0.25) is 0 Å². The molecule has 0 fully saturated rings. The first-order valence-electron chi connectivity index (χ1n) is 2.85. The third kappa shape index (κ3) is 2.61. The van der Waals surface area contributed by atoms with Crippen molar-refractivity contribution in [3.63, 3.8) is 0 Å². The van der Waals surface area contributed by atoms with Crippen molar-refractivity contribution in [3.8, 4) is 0 Å². The Morgan fingerprint density at radius 3 is 3.00 bits per heavy atom. The van der Waals surface area contributed by atoms with E-state index in [9.17, 15) is 4.79 Å². The van der Waals surface area contributed by atoms with E-state index in [0.717, 1.165) is 0 Å². The lowest BCUT2D eigenvalue weighted by Gasteiger charge is -1.97. The van der Waals surface area contributed by atoms with Crippen LogP contribution in [-0.4, -0.2) is 16.3 Å². The number of nitrogens with two attached hydrogens (primary N) is 1. The number of carbonyl (C=O) groups is 1. The molecule has 1 aromatic heterocycles. The normalized spacial score (nSPS) is 9.09. The van der Waals surface area contributed by atoms with E-state index in [1.54, 1.807) is 6.07 Å². The van der Waals surface area contributed by atoms with Crippen LogP contribution in [0.3, 0.4) is 0 Å². The topological polar surface area (TPSA) is 78.1 Å². The molecular formula is C6H6N3O2. The standard InChI is InChI=1S/C6H6N3O2/c7-6(10)11-4-5-1-2-8-9-3-5/h1-4H,(H2,7,10). The summed E-state index contributed by atoms with van der Waals surface area (Å²) in [4.78, 5) is 10.1. The van der Waals surface area contributed by atoms with Gasteiger partial charge in [-0.2, -0.15) is 10.2 Å². The van der Waals surface area contributed by atoms with Gasteiger partial charge in [0.1, 0.15) is 0 Å². The molecule has 0 aliphatic heterocycles. The molecule has 1 rings (SSSR count). The number of amides is 1. The highest BCUT2D eigenvalue weighted by Gasteiger charge is 1.96. The smallest absolute Gasteiger partial charge is 0.405 e. The molecule has 2 N–H and O–H groups in total. The molecule has 1 radical (unpaired) electrons. The summed E-state index contributed by atoms with van der Waals surface area (Å²) in [5, 5.41) is 7.08. The summed E-state index contributed by atoms with van der Waals surface area (Å²) in [6.07, 6.45) is 2.08. The highest BCUT2D eigenvalue weighted by molar-refractivity contribution is 5.65. The van der Waals surface area contributed by atoms with Crippen LogP contribution >= 0.6 is 0 Å². The first-order valence-corrected chi connectivity index (χ1v) is 2.85. The average molecular weight is 152 g/mol. The number of primary amides is 1. The van der Waals surface area contributed by atoms with Crippen molar-refractivity contribution >= 4 is 6.09 Å². The highest BCUT2D eigenvalue weighted by Crippen LogP contribution is 1.98. The Kier molecular flexibility index (Phi) is 2.37. The Morgan fingerprint density at radius 1 is 1.64 bits per heavy atom. The number of hydrogen-bond acceptors (Lipinski definition) is 4. The Labute approximate surface area is 63.2 Å². The fourth-order valence-electron chi connectivity index (χ4n) is 0.497. The van der Waals surface area contributed by atoms with Crippen molar-refractivity contribution < 1.29 is 9.53 Å². The number of hydrogen-bond donors (Lipinski definition) is 1. The van der Waals surface area contributed by atoms with Gasteiger partial charge in [-0.05, 0) is 6.07 Å². The van der Waals surface area contributed by atoms with Crippen molar-refractivity contribution in [3.05, 3.63) is 30.6 Å². The van der Waals surface area contributed by atoms with Crippen molar-refractivity contribution in [2.75, 3.05) is 0 Å². The molecule has 5 heteroatoms. The van der Waals surface area contributed by atoms with Gasteiger partial charge in [-0.3, -0.25) is 0 Å². The molecule has 0 saturated carbocycles. The van der Waals surface area contributed by atoms with E-state index in [0.29, 0.717) is 5.56 Å². The maximum absolute atomic E-state index is 10.1. The minimum atomic E-state index is -0.846. The molecule has 0 aliphatic rings. The Bertz CT molecular complexity index is 237. The molecule has 0 bridgehead atoms. The summed E-state index contributed by atoms with van der Waals surface area (Å²) in [5.41, 5.74) is 5.35. The van der Waals surface area contributed by atoms with Gasteiger partial charge in [0.25, 0.3) is 0 Å². The van der Waals surface area contributed by atoms with Crippen molar-refractivity contribution in [1.82, 2.24) is 10.2 Å². The zero-order valence-electron chi connectivity index (χ0n) is 5.60. The first kappa shape index (κ1) is 7.46. The zero-order valence-corrected chi connectivity index (χ0v) is 5.60. The first-order chi connectivity index (χ1) is 5.29. The molecular weight excluding hydrogens is 146 g/mol. The Balaban J connectivity index is 2.45. The van der Waals surface area contributed by atoms with Gasteiger partial charge in [-0.15, -0.1) is 0 Å². The molecule has 0 aromatic carbocycles. The van der Waals surface area contributed by atoms with Gasteiger partial charge < -0.3 is 10.5 Å². The molecule has 0 saturated heterocycles. The number of nitrogens with zero attached hydrogens (tertiary/aromatic N) is 2. The van der Waals surface area contributed by atoms with Crippen LogP contribution in [0.1, 0.15) is 5.56 Å². The second-order valence-corrected chi connectivity index (χ2v) is 1.73. The van der Waals surface area contributed by atoms with E-state index < -0.39 is 6.09 Å². The van der Waals surface area contributed by atoms with E-state index in [2.05, 4.69) is 14.9 Å². The predicted octanol–water partition coefficient (Wildman–Crippen LogP) is 0.0818. The monoisotopic (exact) mass is 152 g/mol. The zero-order chi connectivity index (χ0) is 8.10. The fourth-order valence-corrected chi connectivity index (χ4v) is 0.497. The van der Waals surface area contributed by atoms with Crippen LogP contribution in [0.25, 0.3) is 0 Å². The van der Waals surface area contributed by atoms with Crippen LogP contribution in [0.2, 0.25) is 0 Å². The van der Waals surface area contributed by atoms with Gasteiger partial charge in [0.05, 0.1) is 6.20 Å². The maximum Gasteiger partial charge on any atom is 0.405 e. The summed E-state index contributed by atoms with van der Waals surface area (Å²) in [6, 6.07) is 1.63. The highest BCUT2D eigenvalue weighted by atomic mass is 16.5. The second kappa shape index (κ2) is 3.50. The van der Waals surface area contributed by atoms with Gasteiger partial charge >= 0.3 is 6.09 Å². The van der Waals surface area contributed by atoms with Crippen LogP contribution in [0.15, 0.2) is 18.5 Å². The Hall–Kier alpha value is -1.65. The van der Waals surface area contributed by atoms with Gasteiger partial charge in [-0.25, -0.2) is 4.79 Å². The van der Waals surface area contributed by atoms with E-state index in [1.807, 2.05) is 0 Å². The summed E-state index contributed by atoms with van der Waals surface area (Å²) in [6.45, 7) is 1.21. The SMILES string of the molecule is NC(=O)O[CH]c1ccnnc1. The molecule has 5 nitrogen and oxygen atoms in total. The van der Waals surface area contributed by atoms with E-state index in [4.69, 9.17) is 5.73 Å². The summed E-state index contributed by atoms with van der Waals surface area (Å²) >= 11 is 0. The lowest BCUT2D eigenvalue weighted by atomic mass is 10.3. The molecule has 11 heavy (non-hydrogen) atoms. The number of rotatable bonds is 2. The van der Waals surface area contributed by atoms with E-state index in [-0.39, 0.29) is 0 Å². The van der Waals surface area contributed by atoms with Crippen molar-refractivity contribution in [2.45, 2.75) is 0 Å². The minimum absolute atomic E-state index is 0.638. The van der Waals surface area contributed by atoms with E-state index >= 15 is 0 Å². The number of carbonyl (C=O) groups excluding carboxylic acids is 1. The largest absolute Gasteiger partial charge is 0.437 e. The molecule has 0 spiro atoms. The minimum Gasteiger partial charge on any atom is -0.437 e. The van der Waals surface area contributed by atoms with Gasteiger partial charge in [0, 0.05) is 11.8 Å². The van der Waals surface area contributed by atoms with Crippen LogP contribution < -0.4 is 5.73 Å². The van der Waals surface area contributed by atoms with Crippen LogP contribution in [0.4, 0.5) is 4.79 Å². The predicted molar refractivity (Wildman–Crippen MR) is 36.1 cm³/mol. The lowest BCUT2D eigenvalue weighted by Crippen LogP contribution is -2.11. The van der Waals surface area contributed by atoms with Crippen LogP contribution in [-0.2, 0) is 4.74 Å². The summed E-state index contributed by atoms with van der Waals surface area (Å²) in [5.74, 6) is 0. The van der Waals surface area contributed by atoms with Crippen molar-refractivity contribution in [1.29, 1.82) is 0 Å². The van der Waals surface area contributed by atoms with Crippen LogP contribution in [0.5, 0.6) is 0 Å². The van der Waals surface area contributed by atoms with Gasteiger partial charge in [0.15, 0.2) is 6.61 Å². The molecule has 1 aromatic rings. The fraction of sp³-hybridized carbons (Fsp3) is 0. The summed E-state index contributed by atoms with van der Waals surface area (Å²) < 4.78 is 4.37. The molecule has 57 valence electrons. The molecule has 0 atom stereocenters. The molecule has 0 aliphatic carbocycles. The Morgan fingerprint density at radius 2 is 2.45 bits per heavy atom. The molecule has 1 amide bonds. The number of ether oxygens (including phenoxy) is 1. The summed E-state index contributed by atoms with van der Waals surface area (Å²) in [7, 11) is 0. The third-order valence-corrected chi connectivity index (χ3v) is 0.918. The van der Waals surface area contributed by atoms with Crippen molar-refractivity contribution in [2.24, 2.45) is 5.73 Å². The molecule has 0 unspecified atom stereocenters. The van der Waals surface area contributed by atoms with Crippen LogP contribution in [0, 0.1) is 6.61 Å².